The number of carbonyl (C=O) groups is 1. The molecule has 0 atom stereocenters. The van der Waals surface area contributed by atoms with Gasteiger partial charge in [0.05, 0.1) is 12.8 Å². The number of nitrogen functional groups attached to an aromatic ring is 1. The van der Waals surface area contributed by atoms with Crippen molar-refractivity contribution in [2.75, 3.05) is 45.4 Å². The summed E-state index contributed by atoms with van der Waals surface area (Å²) in [4.78, 5) is 15.4. The normalized spacial score (nSPS) is 10.5. The number of ether oxygens (including phenoxy) is 2. The Hall–Kier alpha value is -3.54. The largest absolute Gasteiger partial charge is 0.497 e. The molecule has 3 rings (SSSR count). The van der Waals surface area contributed by atoms with Gasteiger partial charge in [-0.3, -0.25) is 4.79 Å². The van der Waals surface area contributed by atoms with Crippen LogP contribution in [0.4, 0.5) is 16.4 Å². The van der Waals surface area contributed by atoms with Crippen LogP contribution in [-0.4, -0.2) is 45.0 Å². The van der Waals surface area contributed by atoms with Crippen LogP contribution < -0.4 is 20.5 Å². The predicted octanol–water partition coefficient (Wildman–Crippen LogP) is 4.13. The van der Waals surface area contributed by atoms with Crippen LogP contribution in [0.5, 0.6) is 11.5 Å². The second kappa shape index (κ2) is 9.98. The molecule has 7 nitrogen and oxygen atoms in total. The van der Waals surface area contributed by atoms with Gasteiger partial charge < -0.3 is 25.4 Å². The Labute approximate surface area is 185 Å². The highest BCUT2D eigenvalue weighted by molar-refractivity contribution is 7.19. The molecule has 0 bridgehead atoms. The highest BCUT2D eigenvalue weighted by Crippen LogP contribution is 2.38. The lowest BCUT2D eigenvalue weighted by Crippen LogP contribution is -2.19. The van der Waals surface area contributed by atoms with Crippen molar-refractivity contribution in [2.24, 2.45) is 0 Å². The van der Waals surface area contributed by atoms with E-state index in [1.165, 1.54) is 0 Å². The fourth-order valence-electron chi connectivity index (χ4n) is 2.80. The number of benzene rings is 2. The number of ketones is 1. The van der Waals surface area contributed by atoms with Crippen molar-refractivity contribution in [2.45, 2.75) is 0 Å². The molecule has 8 heteroatoms. The lowest BCUT2D eigenvalue weighted by atomic mass is 10.1. The Balaban J connectivity index is 1.79. The number of methoxy groups -OCH3 is 1. The summed E-state index contributed by atoms with van der Waals surface area (Å²) >= 11 is 1.16. The van der Waals surface area contributed by atoms with Gasteiger partial charge in [0.15, 0.2) is 0 Å². The van der Waals surface area contributed by atoms with E-state index < -0.39 is 0 Å². The van der Waals surface area contributed by atoms with Crippen molar-refractivity contribution in [3.63, 3.8) is 0 Å². The van der Waals surface area contributed by atoms with E-state index in [0.29, 0.717) is 27.8 Å². The Morgan fingerprint density at radius 2 is 1.77 bits per heavy atom. The van der Waals surface area contributed by atoms with Gasteiger partial charge >= 0.3 is 0 Å². The molecular weight excluding hydrogens is 412 g/mol. The van der Waals surface area contributed by atoms with Crippen LogP contribution in [-0.2, 0) is 0 Å². The van der Waals surface area contributed by atoms with Crippen LogP contribution in [0.2, 0.25) is 0 Å². The molecule has 1 heterocycles. The fourth-order valence-corrected chi connectivity index (χ4v) is 3.85. The van der Waals surface area contributed by atoms with E-state index in [-0.39, 0.29) is 17.0 Å². The molecule has 31 heavy (non-hydrogen) atoms. The molecule has 160 valence electrons. The average Bonchev–Trinajstić information content (AvgIpc) is 3.08. The number of carbonyl (C=O) groups excluding carboxylic acids is 1. The first-order chi connectivity index (χ1) is 14.9. The molecule has 0 saturated carbocycles. The van der Waals surface area contributed by atoms with Gasteiger partial charge in [0.25, 0.3) is 0 Å². The third kappa shape index (κ3) is 5.34. The Morgan fingerprint density at radius 1 is 1.13 bits per heavy atom. The number of nitrogens with two attached hydrogens (primary N) is 1. The van der Waals surface area contributed by atoms with E-state index in [4.69, 9.17) is 15.2 Å². The first kappa shape index (κ1) is 22.2. The number of thiophene rings is 1. The number of hydrogen-bond donors (Lipinski definition) is 2. The highest BCUT2D eigenvalue weighted by Gasteiger charge is 2.22. The van der Waals surface area contributed by atoms with Gasteiger partial charge in [-0.2, -0.15) is 5.26 Å². The molecule has 3 aromatic rings. The maximum absolute atomic E-state index is 13.0. The number of hydrogen-bond acceptors (Lipinski definition) is 8. The molecule has 1 aromatic heterocycles. The van der Waals surface area contributed by atoms with Crippen molar-refractivity contribution in [1.82, 2.24) is 4.90 Å². The molecule has 0 amide bonds. The maximum atomic E-state index is 13.0. The monoisotopic (exact) mass is 436 g/mol. The van der Waals surface area contributed by atoms with Crippen LogP contribution in [0.3, 0.4) is 0 Å². The summed E-state index contributed by atoms with van der Waals surface area (Å²) in [5.41, 5.74) is 7.83. The van der Waals surface area contributed by atoms with Gasteiger partial charge in [0.2, 0.25) is 5.78 Å². The Morgan fingerprint density at radius 3 is 2.35 bits per heavy atom. The van der Waals surface area contributed by atoms with Gasteiger partial charge in [-0.05, 0) is 62.6 Å². The summed E-state index contributed by atoms with van der Waals surface area (Å²) in [6, 6.07) is 16.3. The first-order valence-electron chi connectivity index (χ1n) is 9.58. The minimum Gasteiger partial charge on any atom is -0.497 e. The van der Waals surface area contributed by atoms with E-state index in [0.717, 1.165) is 29.3 Å². The van der Waals surface area contributed by atoms with Crippen LogP contribution in [0.25, 0.3) is 0 Å². The zero-order chi connectivity index (χ0) is 22.4. The van der Waals surface area contributed by atoms with Crippen molar-refractivity contribution < 1.29 is 14.3 Å². The lowest BCUT2D eigenvalue weighted by molar-refractivity contribution is 0.104. The molecule has 0 fully saturated rings. The lowest BCUT2D eigenvalue weighted by Gasteiger charge is -2.11. The van der Waals surface area contributed by atoms with E-state index in [2.05, 4.69) is 11.4 Å². The molecule has 0 saturated heterocycles. The van der Waals surface area contributed by atoms with Crippen LogP contribution in [0.1, 0.15) is 20.8 Å². The summed E-state index contributed by atoms with van der Waals surface area (Å²) in [6.07, 6.45) is 0. The topological polar surface area (TPSA) is 101 Å². The third-order valence-corrected chi connectivity index (χ3v) is 5.65. The van der Waals surface area contributed by atoms with E-state index in [1.54, 1.807) is 43.5 Å². The summed E-state index contributed by atoms with van der Waals surface area (Å²) in [5.74, 6) is 1.18. The average molecular weight is 437 g/mol. The van der Waals surface area contributed by atoms with Crippen molar-refractivity contribution in [3.05, 3.63) is 64.5 Å². The summed E-state index contributed by atoms with van der Waals surface area (Å²) in [5, 5.41) is 13.3. The van der Waals surface area contributed by atoms with Crippen LogP contribution in [0.15, 0.2) is 48.5 Å². The third-order valence-electron chi connectivity index (χ3n) is 4.53. The Bertz CT molecular complexity index is 1080. The molecule has 0 aliphatic rings. The smallest absolute Gasteiger partial charge is 0.205 e. The second-order valence-electron chi connectivity index (χ2n) is 7.02. The SMILES string of the molecule is COc1ccc(Nc2sc(C(=O)c3ccc(OCCN(C)C)cc3)c(N)c2C#N)cc1. The van der Waals surface area contributed by atoms with Gasteiger partial charge in [-0.1, -0.05) is 0 Å². The highest BCUT2D eigenvalue weighted by atomic mass is 32.1. The number of anilines is 3. The first-order valence-corrected chi connectivity index (χ1v) is 10.4. The molecule has 0 unspecified atom stereocenters. The van der Waals surface area contributed by atoms with Crippen LogP contribution in [0, 0.1) is 11.3 Å². The number of nitriles is 1. The molecule has 0 spiro atoms. The molecule has 2 aromatic carbocycles. The number of likely N-dealkylation sites (N-methyl/N-ethyl adjacent to an activating group) is 1. The minimum absolute atomic E-state index is 0.180. The molecule has 0 radical (unpaired) electrons. The molecule has 0 aliphatic carbocycles. The van der Waals surface area contributed by atoms with Crippen LogP contribution >= 0.6 is 11.3 Å². The van der Waals surface area contributed by atoms with Crippen molar-refractivity contribution in [1.29, 1.82) is 5.26 Å². The molecule has 3 N–H and O–H groups in total. The molecule has 0 aliphatic heterocycles. The molecular formula is C23H24N4O3S. The zero-order valence-electron chi connectivity index (χ0n) is 17.6. The maximum Gasteiger partial charge on any atom is 0.205 e. The minimum atomic E-state index is -0.235. The second-order valence-corrected chi connectivity index (χ2v) is 8.04. The predicted molar refractivity (Wildman–Crippen MR) is 124 cm³/mol. The number of nitrogens with one attached hydrogen (secondary N) is 1. The summed E-state index contributed by atoms with van der Waals surface area (Å²) in [6.45, 7) is 1.36. The number of nitrogens with zero attached hydrogens (tertiary/aromatic N) is 2. The standard InChI is InChI=1S/C23H24N4O3S/c1-27(2)12-13-30-18-8-4-15(5-9-18)21(28)22-20(25)19(14-24)23(31-22)26-16-6-10-17(29-3)11-7-16/h4-11,26H,12-13,25H2,1-3H3. The van der Waals surface area contributed by atoms with Crippen molar-refractivity contribution in [3.8, 4) is 17.6 Å². The van der Waals surface area contributed by atoms with Gasteiger partial charge in [0, 0.05) is 17.8 Å². The number of rotatable bonds is 9. The fraction of sp³-hybridized carbons (Fsp3) is 0.217. The summed E-state index contributed by atoms with van der Waals surface area (Å²) < 4.78 is 10.8. The van der Waals surface area contributed by atoms with Gasteiger partial charge in [-0.15, -0.1) is 11.3 Å². The van der Waals surface area contributed by atoms with Gasteiger partial charge in [0.1, 0.15) is 39.6 Å². The van der Waals surface area contributed by atoms with E-state index >= 15 is 0 Å². The summed E-state index contributed by atoms with van der Waals surface area (Å²) in [7, 11) is 5.55. The quantitative estimate of drug-likeness (QED) is 0.487. The van der Waals surface area contributed by atoms with Gasteiger partial charge in [-0.25, -0.2) is 0 Å². The van der Waals surface area contributed by atoms with E-state index in [9.17, 15) is 10.1 Å². The zero-order valence-corrected chi connectivity index (χ0v) is 18.5. The van der Waals surface area contributed by atoms with Crippen molar-refractivity contribution >= 4 is 33.5 Å². The Kier molecular flexibility index (Phi) is 7.13. The van der Waals surface area contributed by atoms with E-state index in [1.807, 2.05) is 31.1 Å².